The maximum absolute atomic E-state index is 9.47. The quantitative estimate of drug-likeness (QED) is 0.151. The molecule has 7 N–H and O–H groups in total. The van der Waals surface area contributed by atoms with Gasteiger partial charge >= 0.3 is 6.03 Å². The van der Waals surface area contributed by atoms with Gasteiger partial charge in [-0.1, -0.05) is 6.58 Å². The second-order valence-corrected chi connectivity index (χ2v) is 1.12. The lowest BCUT2D eigenvalue weighted by Crippen LogP contribution is -2.34. The lowest BCUT2D eigenvalue weighted by molar-refractivity contribution is -0.113. The zero-order chi connectivity index (χ0) is 8.57. The van der Waals surface area contributed by atoms with E-state index in [2.05, 4.69) is 23.9 Å². The van der Waals surface area contributed by atoms with Crippen molar-refractivity contribution in [2.45, 2.75) is 0 Å². The molecule has 0 aliphatic rings. The second kappa shape index (κ2) is 7.44. The lowest BCUT2D eigenvalue weighted by atomic mass is 10.6. The molecule has 0 aromatic rings. The molecule has 0 aliphatic heterocycles. The number of rotatable bonds is 1. The van der Waals surface area contributed by atoms with Crippen LogP contribution in [0.4, 0.5) is 4.79 Å². The highest BCUT2D eigenvalue weighted by Crippen LogP contribution is 1.48. The van der Waals surface area contributed by atoms with E-state index in [1.54, 1.807) is 5.43 Å². The number of primary amides is 2. The number of carbonyl (C=O) groups excluding carboxylic acids is 2. The number of hydrogen-bond acceptors (Lipinski definition) is 3. The number of nitrogens with two attached hydrogens (primary N) is 3. The summed E-state index contributed by atoms with van der Waals surface area (Å²) in [4.78, 5) is 18.8. The summed E-state index contributed by atoms with van der Waals surface area (Å²) in [7, 11) is 0. The Bertz CT molecular complexity index is 133. The minimum atomic E-state index is -0.718. The summed E-state index contributed by atoms with van der Waals surface area (Å²) in [5.41, 5.74) is 10.6. The van der Waals surface area contributed by atoms with Crippen LogP contribution in [0.1, 0.15) is 0 Å². The minimum absolute atomic E-state index is 0.481. The van der Waals surface area contributed by atoms with Gasteiger partial charge in [0.05, 0.1) is 0 Å². The van der Waals surface area contributed by atoms with E-state index in [1.807, 2.05) is 0 Å². The molecule has 0 saturated heterocycles. The van der Waals surface area contributed by atoms with E-state index in [-0.39, 0.29) is 0 Å². The van der Waals surface area contributed by atoms with Crippen LogP contribution in [0.15, 0.2) is 12.7 Å². The van der Waals surface area contributed by atoms with Gasteiger partial charge in [0.15, 0.2) is 0 Å². The van der Waals surface area contributed by atoms with Crippen molar-refractivity contribution in [3.05, 3.63) is 12.7 Å². The molecule has 0 spiro atoms. The summed E-state index contributed by atoms with van der Waals surface area (Å²) in [6.07, 6.45) is 1.06. The smallest absolute Gasteiger partial charge is 0.326 e. The number of urea groups is 1. The molecule has 6 nitrogen and oxygen atoms in total. The maximum atomic E-state index is 9.47. The molecule has 0 aromatic carbocycles. The van der Waals surface area contributed by atoms with Gasteiger partial charge in [-0.05, 0) is 6.08 Å². The van der Waals surface area contributed by atoms with Crippen LogP contribution in [-0.4, -0.2) is 11.9 Å². The molecule has 6 heteroatoms. The van der Waals surface area contributed by atoms with Crippen LogP contribution in [0.25, 0.3) is 0 Å². The highest BCUT2D eigenvalue weighted by molar-refractivity contribution is 5.84. The van der Waals surface area contributed by atoms with Gasteiger partial charge in [-0.25, -0.2) is 10.6 Å². The van der Waals surface area contributed by atoms with Gasteiger partial charge in [-0.2, -0.15) is 0 Å². The van der Waals surface area contributed by atoms with Gasteiger partial charge in [0.1, 0.15) is 0 Å². The molecule has 0 saturated carbocycles. The highest BCUT2D eigenvalue weighted by atomic mass is 16.2. The van der Waals surface area contributed by atoms with Gasteiger partial charge < -0.3 is 11.5 Å². The van der Waals surface area contributed by atoms with Crippen LogP contribution in [0, 0.1) is 0 Å². The molecular formula is C4H10N4O2. The monoisotopic (exact) mass is 146 g/mol. The van der Waals surface area contributed by atoms with Gasteiger partial charge in [0, 0.05) is 0 Å². The number of hydrogen-bond donors (Lipinski definition) is 4. The van der Waals surface area contributed by atoms with Crippen LogP contribution < -0.4 is 22.7 Å². The maximum Gasteiger partial charge on any atom is 0.326 e. The topological polar surface area (TPSA) is 124 Å². The van der Waals surface area contributed by atoms with Crippen molar-refractivity contribution < 1.29 is 9.59 Å². The van der Waals surface area contributed by atoms with Crippen molar-refractivity contribution in [2.75, 3.05) is 0 Å². The molecule has 0 atom stereocenters. The summed E-state index contributed by atoms with van der Waals surface area (Å²) in [6.45, 7) is 3.09. The highest BCUT2D eigenvalue weighted by Gasteiger charge is 1.73. The fourth-order valence-electron chi connectivity index (χ4n) is 0. The largest absolute Gasteiger partial charge is 0.366 e. The third kappa shape index (κ3) is 32.0. The summed E-state index contributed by atoms with van der Waals surface area (Å²) in [5.74, 6) is 3.97. The fourth-order valence-corrected chi connectivity index (χ4v) is 0. The first-order chi connectivity index (χ1) is 4.54. The van der Waals surface area contributed by atoms with Gasteiger partial charge in [-0.3, -0.25) is 10.2 Å². The van der Waals surface area contributed by atoms with Crippen LogP contribution in [-0.2, 0) is 4.79 Å². The molecular weight excluding hydrogens is 136 g/mol. The molecule has 0 bridgehead atoms. The first kappa shape index (κ1) is 11.3. The molecule has 0 aromatic heterocycles. The average Bonchev–Trinajstić information content (AvgIpc) is 1.89. The predicted molar refractivity (Wildman–Crippen MR) is 36.3 cm³/mol. The van der Waals surface area contributed by atoms with Crippen molar-refractivity contribution in [3.63, 3.8) is 0 Å². The van der Waals surface area contributed by atoms with Crippen molar-refractivity contribution in [1.29, 1.82) is 0 Å². The van der Waals surface area contributed by atoms with E-state index >= 15 is 0 Å². The van der Waals surface area contributed by atoms with Gasteiger partial charge in [0.25, 0.3) is 0 Å². The van der Waals surface area contributed by atoms with Crippen molar-refractivity contribution in [3.8, 4) is 0 Å². The molecule has 0 unspecified atom stereocenters. The van der Waals surface area contributed by atoms with Crippen LogP contribution in [0.2, 0.25) is 0 Å². The SMILES string of the molecule is C=CC(N)=O.NNC(N)=O. The second-order valence-electron chi connectivity index (χ2n) is 1.12. The van der Waals surface area contributed by atoms with Crippen LogP contribution in [0.3, 0.4) is 0 Å². The Morgan fingerprint density at radius 2 is 1.60 bits per heavy atom. The van der Waals surface area contributed by atoms with E-state index < -0.39 is 11.9 Å². The van der Waals surface area contributed by atoms with Gasteiger partial charge in [-0.15, -0.1) is 0 Å². The standard InChI is InChI=1S/C3H5NO.CH5N3O/c1-2-3(4)5;2-1(5)4-3/h2H,1H2,(H2,4,5);3H2,(H3,2,4,5). The zero-order valence-corrected chi connectivity index (χ0v) is 5.33. The Morgan fingerprint density at radius 3 is 1.60 bits per heavy atom. The predicted octanol–water partition coefficient (Wildman–Crippen LogP) is -1.81. The molecule has 10 heavy (non-hydrogen) atoms. The third-order valence-corrected chi connectivity index (χ3v) is 0.343. The first-order valence-corrected chi connectivity index (χ1v) is 2.22. The Morgan fingerprint density at radius 1 is 1.40 bits per heavy atom. The molecule has 0 fully saturated rings. The molecule has 0 radical (unpaired) electrons. The molecule has 0 aliphatic carbocycles. The Hall–Kier alpha value is -1.56. The number of amides is 3. The molecule has 3 amide bonds. The fraction of sp³-hybridized carbons (Fsp3) is 0. The van der Waals surface area contributed by atoms with Crippen molar-refractivity contribution in [1.82, 2.24) is 5.43 Å². The third-order valence-electron chi connectivity index (χ3n) is 0.343. The Balaban J connectivity index is 0. The molecule has 58 valence electrons. The number of carbonyl (C=O) groups is 2. The lowest BCUT2D eigenvalue weighted by Gasteiger charge is -1.81. The molecule has 0 heterocycles. The zero-order valence-electron chi connectivity index (χ0n) is 5.33. The van der Waals surface area contributed by atoms with E-state index in [0.717, 1.165) is 6.08 Å². The normalized spacial score (nSPS) is 6.50. The van der Waals surface area contributed by atoms with E-state index in [4.69, 9.17) is 0 Å². The van der Waals surface area contributed by atoms with Crippen LogP contribution >= 0.6 is 0 Å². The van der Waals surface area contributed by atoms with Crippen molar-refractivity contribution >= 4 is 11.9 Å². The number of hydrazine groups is 1. The Labute approximate surface area is 58.0 Å². The summed E-state index contributed by atoms with van der Waals surface area (Å²) in [6, 6.07) is -0.718. The Kier molecular flexibility index (Phi) is 8.38. The van der Waals surface area contributed by atoms with E-state index in [0.29, 0.717) is 0 Å². The van der Waals surface area contributed by atoms with Gasteiger partial charge in [0.2, 0.25) is 5.91 Å². The first-order valence-electron chi connectivity index (χ1n) is 2.22. The summed E-state index contributed by atoms with van der Waals surface area (Å²) < 4.78 is 0. The van der Waals surface area contributed by atoms with Crippen molar-refractivity contribution in [2.24, 2.45) is 17.3 Å². The van der Waals surface area contributed by atoms with Crippen LogP contribution in [0.5, 0.6) is 0 Å². The number of nitrogens with one attached hydrogen (secondary N) is 1. The molecule has 0 rings (SSSR count). The van der Waals surface area contributed by atoms with E-state index in [1.165, 1.54) is 0 Å². The van der Waals surface area contributed by atoms with E-state index in [9.17, 15) is 9.59 Å². The summed E-state index contributed by atoms with van der Waals surface area (Å²) in [5, 5.41) is 0. The summed E-state index contributed by atoms with van der Waals surface area (Å²) >= 11 is 0. The minimum Gasteiger partial charge on any atom is -0.366 e. The average molecular weight is 146 g/mol.